The lowest BCUT2D eigenvalue weighted by atomic mass is 10.3. The van der Waals surface area contributed by atoms with Crippen molar-refractivity contribution in [2.75, 3.05) is 0 Å². The van der Waals surface area contributed by atoms with Crippen molar-refractivity contribution in [3.63, 3.8) is 0 Å². The summed E-state index contributed by atoms with van der Waals surface area (Å²) in [5.41, 5.74) is 2.33. The van der Waals surface area contributed by atoms with Crippen molar-refractivity contribution >= 4 is 12.2 Å². The minimum absolute atomic E-state index is 0.757. The number of aromatic nitrogens is 2. The molecule has 1 aromatic heterocycles. The molecule has 2 nitrogen and oxygen atoms in total. The number of nitrogens with zero attached hydrogens (tertiary/aromatic N) is 1. The number of imidazole rings is 1. The first-order valence-electron chi connectivity index (χ1n) is 4.67. The second-order valence-corrected chi connectivity index (χ2v) is 3.50. The van der Waals surface area contributed by atoms with Crippen LogP contribution in [0.2, 0.25) is 0 Å². The Kier molecular flexibility index (Phi) is 2.50. The van der Waals surface area contributed by atoms with E-state index in [1.807, 2.05) is 24.4 Å². The van der Waals surface area contributed by atoms with Crippen LogP contribution in [0.15, 0.2) is 36.5 Å². The second kappa shape index (κ2) is 3.80. The third kappa shape index (κ3) is 1.51. The molecular weight excluding hydrogens is 192 g/mol. The molecule has 0 radical (unpaired) electrons. The number of nitrogens with one attached hydrogen (secondary N) is 1. The lowest BCUT2D eigenvalue weighted by Gasteiger charge is -2.05. The van der Waals surface area contributed by atoms with Crippen LogP contribution in [0, 0.1) is 4.77 Å². The molecule has 0 aliphatic rings. The van der Waals surface area contributed by atoms with Crippen molar-refractivity contribution in [3.8, 4) is 5.69 Å². The molecule has 0 spiro atoms. The molecule has 3 heteroatoms. The van der Waals surface area contributed by atoms with Crippen LogP contribution in [-0.4, -0.2) is 9.55 Å². The van der Waals surface area contributed by atoms with Crippen LogP contribution in [0.3, 0.4) is 0 Å². The molecule has 2 aromatic rings. The van der Waals surface area contributed by atoms with Crippen molar-refractivity contribution in [1.29, 1.82) is 0 Å². The van der Waals surface area contributed by atoms with E-state index in [-0.39, 0.29) is 0 Å². The minimum Gasteiger partial charge on any atom is -0.337 e. The SMILES string of the molecule is CCc1c[nH]c(=S)n1-c1ccccc1. The van der Waals surface area contributed by atoms with E-state index < -0.39 is 0 Å². The van der Waals surface area contributed by atoms with Gasteiger partial charge in [-0.1, -0.05) is 25.1 Å². The van der Waals surface area contributed by atoms with Gasteiger partial charge in [0.05, 0.1) is 0 Å². The maximum absolute atomic E-state index is 5.23. The number of aromatic amines is 1. The summed E-state index contributed by atoms with van der Waals surface area (Å²) in [6.45, 7) is 2.12. The van der Waals surface area contributed by atoms with Gasteiger partial charge in [-0.15, -0.1) is 0 Å². The van der Waals surface area contributed by atoms with Crippen LogP contribution in [0.4, 0.5) is 0 Å². The van der Waals surface area contributed by atoms with Crippen molar-refractivity contribution in [1.82, 2.24) is 9.55 Å². The number of rotatable bonds is 2. The Morgan fingerprint density at radius 2 is 2.00 bits per heavy atom. The summed E-state index contributed by atoms with van der Waals surface area (Å²) in [7, 11) is 0. The molecule has 0 aliphatic carbocycles. The predicted octanol–water partition coefficient (Wildman–Crippen LogP) is 3.10. The van der Waals surface area contributed by atoms with E-state index in [1.54, 1.807) is 0 Å². The number of para-hydroxylation sites is 1. The van der Waals surface area contributed by atoms with Crippen LogP contribution in [0.25, 0.3) is 5.69 Å². The van der Waals surface area contributed by atoms with E-state index in [1.165, 1.54) is 5.69 Å². The summed E-state index contributed by atoms with van der Waals surface area (Å²) in [5.74, 6) is 0. The molecule has 0 unspecified atom stereocenters. The fourth-order valence-corrected chi connectivity index (χ4v) is 1.81. The quantitative estimate of drug-likeness (QED) is 0.745. The topological polar surface area (TPSA) is 20.7 Å². The second-order valence-electron chi connectivity index (χ2n) is 3.11. The molecule has 0 amide bonds. The molecule has 0 fully saturated rings. The number of aryl methyl sites for hydroxylation is 1. The number of hydrogen-bond acceptors (Lipinski definition) is 1. The van der Waals surface area contributed by atoms with Gasteiger partial charge in [0.1, 0.15) is 0 Å². The van der Waals surface area contributed by atoms with Gasteiger partial charge in [-0.25, -0.2) is 0 Å². The fourth-order valence-electron chi connectivity index (χ4n) is 1.52. The van der Waals surface area contributed by atoms with Gasteiger partial charge in [-0.05, 0) is 30.8 Å². The van der Waals surface area contributed by atoms with Gasteiger partial charge in [-0.3, -0.25) is 4.57 Å². The van der Waals surface area contributed by atoms with Crippen molar-refractivity contribution in [2.24, 2.45) is 0 Å². The third-order valence-electron chi connectivity index (χ3n) is 2.23. The molecule has 0 bridgehead atoms. The maximum atomic E-state index is 5.23. The zero-order valence-corrected chi connectivity index (χ0v) is 8.84. The van der Waals surface area contributed by atoms with Gasteiger partial charge in [0.2, 0.25) is 0 Å². The Balaban J connectivity index is 2.61. The first kappa shape index (κ1) is 9.21. The van der Waals surface area contributed by atoms with Crippen LogP contribution < -0.4 is 0 Å². The Morgan fingerprint density at radius 3 is 2.64 bits per heavy atom. The van der Waals surface area contributed by atoms with Gasteiger partial charge < -0.3 is 4.98 Å². The van der Waals surface area contributed by atoms with Gasteiger partial charge >= 0.3 is 0 Å². The van der Waals surface area contributed by atoms with E-state index in [4.69, 9.17) is 12.2 Å². The van der Waals surface area contributed by atoms with E-state index in [2.05, 4.69) is 28.6 Å². The van der Waals surface area contributed by atoms with E-state index in [9.17, 15) is 0 Å². The molecule has 0 saturated carbocycles. The van der Waals surface area contributed by atoms with Gasteiger partial charge in [0.15, 0.2) is 4.77 Å². The van der Waals surface area contributed by atoms with Crippen molar-refractivity contribution in [2.45, 2.75) is 13.3 Å². The van der Waals surface area contributed by atoms with E-state index in [0.717, 1.165) is 16.9 Å². The predicted molar refractivity (Wildman–Crippen MR) is 60.3 cm³/mol. The summed E-state index contributed by atoms with van der Waals surface area (Å²) >= 11 is 5.23. The third-order valence-corrected chi connectivity index (χ3v) is 2.53. The molecule has 0 atom stereocenters. The van der Waals surface area contributed by atoms with Crippen molar-refractivity contribution < 1.29 is 0 Å². The molecule has 72 valence electrons. The summed E-state index contributed by atoms with van der Waals surface area (Å²) in [6.07, 6.45) is 2.94. The van der Waals surface area contributed by atoms with Crippen LogP contribution in [-0.2, 0) is 6.42 Å². The first-order chi connectivity index (χ1) is 6.83. The molecule has 14 heavy (non-hydrogen) atoms. The highest BCUT2D eigenvalue weighted by Crippen LogP contribution is 2.12. The smallest absolute Gasteiger partial charge is 0.182 e. The highest BCUT2D eigenvalue weighted by molar-refractivity contribution is 7.71. The average molecular weight is 204 g/mol. The summed E-state index contributed by atoms with van der Waals surface area (Å²) in [4.78, 5) is 3.06. The first-order valence-corrected chi connectivity index (χ1v) is 5.08. The zero-order valence-electron chi connectivity index (χ0n) is 8.03. The van der Waals surface area contributed by atoms with Crippen LogP contribution >= 0.6 is 12.2 Å². The highest BCUT2D eigenvalue weighted by Gasteiger charge is 2.02. The van der Waals surface area contributed by atoms with E-state index in [0.29, 0.717) is 0 Å². The Hall–Kier alpha value is -1.35. The largest absolute Gasteiger partial charge is 0.337 e. The van der Waals surface area contributed by atoms with Gasteiger partial charge in [0.25, 0.3) is 0 Å². The molecule has 1 N–H and O–H groups in total. The molecule has 1 aromatic carbocycles. The fraction of sp³-hybridized carbons (Fsp3) is 0.182. The lowest BCUT2D eigenvalue weighted by molar-refractivity contribution is 0.922. The molecule has 1 heterocycles. The summed E-state index contributed by atoms with van der Waals surface area (Å²) in [5, 5.41) is 0. The number of benzene rings is 1. The Morgan fingerprint density at radius 1 is 1.29 bits per heavy atom. The lowest BCUT2D eigenvalue weighted by Crippen LogP contribution is -1.98. The average Bonchev–Trinajstić information content (AvgIpc) is 2.61. The number of hydrogen-bond donors (Lipinski definition) is 1. The monoisotopic (exact) mass is 204 g/mol. The summed E-state index contributed by atoms with van der Waals surface area (Å²) in [6, 6.07) is 10.2. The summed E-state index contributed by atoms with van der Waals surface area (Å²) < 4.78 is 2.82. The van der Waals surface area contributed by atoms with Gasteiger partial charge in [-0.2, -0.15) is 0 Å². The van der Waals surface area contributed by atoms with Crippen LogP contribution in [0.1, 0.15) is 12.6 Å². The normalized spacial score (nSPS) is 10.4. The highest BCUT2D eigenvalue weighted by atomic mass is 32.1. The molecular formula is C11H12N2S. The molecule has 0 saturated heterocycles. The van der Waals surface area contributed by atoms with Crippen LogP contribution in [0.5, 0.6) is 0 Å². The van der Waals surface area contributed by atoms with E-state index >= 15 is 0 Å². The molecule has 2 rings (SSSR count). The minimum atomic E-state index is 0.757. The van der Waals surface area contributed by atoms with Gasteiger partial charge in [0, 0.05) is 17.6 Å². The zero-order chi connectivity index (χ0) is 9.97. The maximum Gasteiger partial charge on any atom is 0.182 e. The number of H-pyrrole nitrogens is 1. The molecule has 0 aliphatic heterocycles. The van der Waals surface area contributed by atoms with Crippen molar-refractivity contribution in [3.05, 3.63) is 47.0 Å². The Bertz CT molecular complexity index is 468. The standard InChI is InChI=1S/C11H12N2S/c1-2-9-8-12-11(14)13(9)10-6-4-3-5-7-10/h3-8H,2H2,1H3,(H,12,14). The Labute approximate surface area is 88.2 Å².